The summed E-state index contributed by atoms with van der Waals surface area (Å²) in [6, 6.07) is 0. The quantitative estimate of drug-likeness (QED) is 0.529. The van der Waals surface area contributed by atoms with Gasteiger partial charge in [-0.1, -0.05) is 0 Å². The van der Waals surface area contributed by atoms with Crippen LogP contribution < -0.4 is 10.6 Å². The van der Waals surface area contributed by atoms with Crippen molar-refractivity contribution >= 4 is 22.9 Å². The van der Waals surface area contributed by atoms with Crippen LogP contribution in [0.25, 0.3) is 11.2 Å². The zero-order chi connectivity index (χ0) is 16.9. The molecule has 2 aromatic heterocycles. The maximum atomic E-state index is 10.6. The Morgan fingerprint density at radius 3 is 2.70 bits per heavy atom. The van der Waals surface area contributed by atoms with Crippen LogP contribution in [0.4, 0.5) is 11.8 Å². The fraction of sp³-hybridized carbons (Fsp3) is 0.615. The number of hydrogen-bond acceptors (Lipinski definition) is 9. The van der Waals surface area contributed by atoms with Gasteiger partial charge in [0.2, 0.25) is 5.95 Å². The molecule has 10 heteroatoms. The number of nitrogens with zero attached hydrogens (tertiary/aromatic N) is 5. The number of imidazole rings is 1. The van der Waals surface area contributed by atoms with E-state index in [0.29, 0.717) is 17.0 Å². The van der Waals surface area contributed by atoms with E-state index in [1.165, 1.54) is 17.8 Å². The molecule has 0 aromatic carbocycles. The van der Waals surface area contributed by atoms with Crippen LogP contribution in [0.1, 0.15) is 13.2 Å². The van der Waals surface area contributed by atoms with Gasteiger partial charge in [0.05, 0.1) is 12.9 Å². The van der Waals surface area contributed by atoms with Crippen molar-refractivity contribution in [3.8, 4) is 0 Å². The van der Waals surface area contributed by atoms with Gasteiger partial charge in [-0.2, -0.15) is 9.97 Å². The Kier molecular flexibility index (Phi) is 3.64. The summed E-state index contributed by atoms with van der Waals surface area (Å²) in [6.45, 7) is 1.02. The van der Waals surface area contributed by atoms with Gasteiger partial charge < -0.3 is 30.7 Å². The number of fused-ring (bicyclic) bond motifs is 1. The summed E-state index contributed by atoms with van der Waals surface area (Å²) in [5.41, 5.74) is 4.99. The highest BCUT2D eigenvalue weighted by Crippen LogP contribution is 2.39. The Labute approximate surface area is 132 Å². The molecule has 1 fully saturated rings. The van der Waals surface area contributed by atoms with Gasteiger partial charge in [0, 0.05) is 14.1 Å². The molecule has 1 aliphatic rings. The maximum absolute atomic E-state index is 10.6. The molecule has 0 radical (unpaired) electrons. The fourth-order valence-corrected chi connectivity index (χ4v) is 2.79. The number of nitrogen functional groups attached to an aromatic ring is 1. The molecule has 1 saturated heterocycles. The average Bonchev–Trinajstić information content (AvgIpc) is 2.98. The molecule has 126 valence electrons. The van der Waals surface area contributed by atoms with Crippen molar-refractivity contribution in [1.29, 1.82) is 0 Å². The molecular weight excluding hydrogens is 304 g/mol. The summed E-state index contributed by atoms with van der Waals surface area (Å²) in [5.74, 6) is 0.586. The zero-order valence-electron chi connectivity index (χ0n) is 13.1. The van der Waals surface area contributed by atoms with Crippen LogP contribution >= 0.6 is 0 Å². The number of anilines is 2. The molecule has 0 saturated carbocycles. The summed E-state index contributed by atoms with van der Waals surface area (Å²) < 4.78 is 7.07. The Morgan fingerprint density at radius 1 is 1.43 bits per heavy atom. The van der Waals surface area contributed by atoms with Gasteiger partial charge in [-0.25, -0.2) is 4.98 Å². The van der Waals surface area contributed by atoms with Gasteiger partial charge in [0.15, 0.2) is 23.2 Å². The van der Waals surface area contributed by atoms with Gasteiger partial charge in [-0.3, -0.25) is 4.57 Å². The highest BCUT2D eigenvalue weighted by atomic mass is 16.6. The Morgan fingerprint density at radius 2 is 2.13 bits per heavy atom. The summed E-state index contributed by atoms with van der Waals surface area (Å²) >= 11 is 0. The van der Waals surface area contributed by atoms with E-state index in [1.807, 2.05) is 0 Å². The molecule has 0 spiro atoms. The second kappa shape index (κ2) is 5.27. The molecule has 10 nitrogen and oxygen atoms in total. The molecular formula is C13H20N6O4. The molecule has 3 heterocycles. The van der Waals surface area contributed by atoms with Crippen molar-refractivity contribution in [3.63, 3.8) is 0 Å². The predicted molar refractivity (Wildman–Crippen MR) is 81.7 cm³/mol. The monoisotopic (exact) mass is 324 g/mol. The molecule has 0 bridgehead atoms. The lowest BCUT2D eigenvalue weighted by Crippen LogP contribution is -2.44. The minimum atomic E-state index is -1.63. The van der Waals surface area contributed by atoms with E-state index in [-0.39, 0.29) is 5.95 Å². The van der Waals surface area contributed by atoms with Crippen molar-refractivity contribution in [2.75, 3.05) is 31.3 Å². The summed E-state index contributed by atoms with van der Waals surface area (Å²) in [7, 11) is 3.60. The van der Waals surface area contributed by atoms with Gasteiger partial charge in [0.1, 0.15) is 17.8 Å². The molecule has 0 amide bonds. The van der Waals surface area contributed by atoms with E-state index in [4.69, 9.17) is 10.5 Å². The smallest absolute Gasteiger partial charge is 0.224 e. The first-order valence-electron chi connectivity index (χ1n) is 7.11. The number of ether oxygens (including phenoxy) is 1. The number of aliphatic hydroxyl groups excluding tert-OH is 2. The minimum Gasteiger partial charge on any atom is -0.394 e. The lowest BCUT2D eigenvalue weighted by Gasteiger charge is -2.27. The highest BCUT2D eigenvalue weighted by Gasteiger charge is 2.53. The molecule has 4 atom stereocenters. The Bertz CT molecular complexity index is 731. The van der Waals surface area contributed by atoms with Gasteiger partial charge in [-0.15, -0.1) is 0 Å². The molecule has 5 N–H and O–H groups in total. The van der Waals surface area contributed by atoms with Crippen molar-refractivity contribution in [1.82, 2.24) is 19.5 Å². The van der Waals surface area contributed by atoms with Gasteiger partial charge in [0.25, 0.3) is 0 Å². The van der Waals surface area contributed by atoms with E-state index in [1.54, 1.807) is 19.0 Å². The van der Waals surface area contributed by atoms with Crippen molar-refractivity contribution in [2.24, 2.45) is 0 Å². The summed E-state index contributed by atoms with van der Waals surface area (Å²) in [4.78, 5) is 14.3. The second-order valence-corrected chi connectivity index (χ2v) is 6.00. The number of nitrogens with two attached hydrogens (primary N) is 1. The van der Waals surface area contributed by atoms with Crippen LogP contribution in [0.15, 0.2) is 6.33 Å². The minimum absolute atomic E-state index is 0.0554. The molecule has 4 unspecified atom stereocenters. The van der Waals surface area contributed by atoms with Crippen molar-refractivity contribution in [3.05, 3.63) is 6.33 Å². The SMILES string of the molecule is CN(C)c1nc(N)nc2c1ncn2C1OC(CO)C(O)C1(C)O. The molecule has 1 aliphatic heterocycles. The predicted octanol–water partition coefficient (Wildman–Crippen LogP) is -1.52. The van der Waals surface area contributed by atoms with E-state index in [2.05, 4.69) is 15.0 Å². The standard InChI is InChI=1S/C13H20N6O4/c1-13(22)8(21)6(4-20)23-11(13)19-5-15-7-9(18(2)3)16-12(14)17-10(7)19/h5-6,8,11,20-22H,4H2,1-3H3,(H2,14,16,17). The number of hydrogen-bond donors (Lipinski definition) is 4. The zero-order valence-corrected chi connectivity index (χ0v) is 13.1. The van der Waals surface area contributed by atoms with Crippen LogP contribution in [0, 0.1) is 0 Å². The van der Waals surface area contributed by atoms with Crippen LogP contribution in [0.5, 0.6) is 0 Å². The summed E-state index contributed by atoms with van der Waals surface area (Å²) in [5, 5.41) is 30.0. The third-order valence-electron chi connectivity index (χ3n) is 4.03. The second-order valence-electron chi connectivity index (χ2n) is 6.00. The Balaban J connectivity index is 2.14. The van der Waals surface area contributed by atoms with Crippen molar-refractivity contribution < 1.29 is 20.1 Å². The normalized spacial score (nSPS) is 31.0. The van der Waals surface area contributed by atoms with E-state index >= 15 is 0 Å². The molecule has 0 aliphatic carbocycles. The van der Waals surface area contributed by atoms with Crippen LogP contribution in [0.3, 0.4) is 0 Å². The van der Waals surface area contributed by atoms with E-state index in [9.17, 15) is 15.3 Å². The first kappa shape index (κ1) is 15.9. The summed E-state index contributed by atoms with van der Waals surface area (Å²) in [6.07, 6.45) is -1.68. The lowest BCUT2D eigenvalue weighted by molar-refractivity contribution is -0.0950. The third kappa shape index (κ3) is 2.30. The number of aromatic nitrogens is 4. The van der Waals surface area contributed by atoms with Crippen molar-refractivity contribution in [2.45, 2.75) is 31.0 Å². The van der Waals surface area contributed by atoms with Crippen LogP contribution in [0.2, 0.25) is 0 Å². The molecule has 23 heavy (non-hydrogen) atoms. The molecule has 2 aromatic rings. The van der Waals surface area contributed by atoms with Crippen LogP contribution in [-0.2, 0) is 4.74 Å². The first-order chi connectivity index (χ1) is 10.8. The fourth-order valence-electron chi connectivity index (χ4n) is 2.79. The Hall–Kier alpha value is -2.01. The van der Waals surface area contributed by atoms with Crippen LogP contribution in [-0.4, -0.2) is 73.3 Å². The largest absolute Gasteiger partial charge is 0.394 e. The maximum Gasteiger partial charge on any atom is 0.224 e. The first-order valence-corrected chi connectivity index (χ1v) is 7.11. The topological polar surface area (TPSA) is 143 Å². The molecule has 3 rings (SSSR count). The lowest BCUT2D eigenvalue weighted by atomic mass is 9.96. The highest BCUT2D eigenvalue weighted by molar-refractivity contribution is 5.84. The average molecular weight is 324 g/mol. The third-order valence-corrected chi connectivity index (χ3v) is 4.03. The van der Waals surface area contributed by atoms with Gasteiger partial charge in [-0.05, 0) is 6.92 Å². The van der Waals surface area contributed by atoms with Gasteiger partial charge >= 0.3 is 0 Å². The van der Waals surface area contributed by atoms with E-state index < -0.39 is 30.6 Å². The number of aliphatic hydroxyl groups is 3. The van der Waals surface area contributed by atoms with E-state index in [0.717, 1.165) is 0 Å². The number of rotatable bonds is 3.